The molecule has 1 aliphatic carbocycles. The summed E-state index contributed by atoms with van der Waals surface area (Å²) in [6.45, 7) is 4.56. The summed E-state index contributed by atoms with van der Waals surface area (Å²) in [6, 6.07) is 14.9. The first-order valence-electron chi connectivity index (χ1n) is 14.6. The van der Waals surface area contributed by atoms with Crippen molar-refractivity contribution >= 4 is 11.9 Å². The molecule has 0 spiro atoms. The number of hydrogen-bond acceptors (Lipinski definition) is 7. The standard InChI is InChI=1S/C17H22N2O6.C16H22O/c1-2-3-4-5-6-16(20)18-11-17(21)24-12-14-7-9-15(10-8-14)13-25-19(22)23;1-14-7-6-11-16(13-14)17-12-5-4-10-15-8-2-3-9-15/h2-3,7-10H,4-6,11-13H2,1H3,(H,18,20);4,6-7,10-11,13,15H,2-3,5,8-9,12H2,1H3/b3-2-;10-4+. The van der Waals surface area contributed by atoms with Gasteiger partial charge in [-0.25, -0.2) is 0 Å². The van der Waals surface area contributed by atoms with E-state index in [1.54, 1.807) is 24.3 Å². The van der Waals surface area contributed by atoms with Crippen molar-refractivity contribution in [1.82, 2.24) is 5.32 Å². The monoisotopic (exact) mass is 580 g/mol. The number of ether oxygens (including phenoxy) is 2. The van der Waals surface area contributed by atoms with Crippen LogP contribution in [0.2, 0.25) is 0 Å². The lowest BCUT2D eigenvalue weighted by Crippen LogP contribution is -2.30. The zero-order valence-corrected chi connectivity index (χ0v) is 24.8. The molecule has 3 rings (SSSR count). The first-order chi connectivity index (χ1) is 20.4. The van der Waals surface area contributed by atoms with Crippen LogP contribution in [0.5, 0.6) is 5.75 Å². The molecule has 2 aromatic rings. The van der Waals surface area contributed by atoms with E-state index in [1.165, 1.54) is 31.2 Å². The van der Waals surface area contributed by atoms with E-state index in [9.17, 15) is 19.7 Å². The summed E-state index contributed by atoms with van der Waals surface area (Å²) >= 11 is 0. The molecule has 0 radical (unpaired) electrons. The van der Waals surface area contributed by atoms with Crippen LogP contribution < -0.4 is 10.1 Å². The zero-order valence-electron chi connectivity index (χ0n) is 24.8. The Morgan fingerprint density at radius 2 is 1.74 bits per heavy atom. The first kappa shape index (κ1) is 34.1. The van der Waals surface area contributed by atoms with Gasteiger partial charge in [-0.15, -0.1) is 10.1 Å². The predicted molar refractivity (Wildman–Crippen MR) is 162 cm³/mol. The van der Waals surface area contributed by atoms with Gasteiger partial charge in [-0.1, -0.05) is 73.5 Å². The number of nitrogens with zero attached hydrogens (tertiary/aromatic N) is 1. The van der Waals surface area contributed by atoms with Crippen LogP contribution in [-0.2, 0) is 32.4 Å². The van der Waals surface area contributed by atoms with Crippen molar-refractivity contribution in [3.8, 4) is 5.75 Å². The molecule has 2 aromatic carbocycles. The van der Waals surface area contributed by atoms with Crippen molar-refractivity contribution in [2.24, 2.45) is 5.92 Å². The molecule has 0 aromatic heterocycles. The minimum atomic E-state index is -0.857. The van der Waals surface area contributed by atoms with E-state index >= 15 is 0 Å². The van der Waals surface area contributed by atoms with E-state index in [-0.39, 0.29) is 25.7 Å². The first-order valence-corrected chi connectivity index (χ1v) is 14.6. The van der Waals surface area contributed by atoms with Gasteiger partial charge < -0.3 is 19.6 Å². The molecule has 9 heteroatoms. The Hall–Kier alpha value is -4.14. The second-order valence-electron chi connectivity index (χ2n) is 10.1. The summed E-state index contributed by atoms with van der Waals surface area (Å²) in [5, 5.41) is 11.8. The summed E-state index contributed by atoms with van der Waals surface area (Å²) < 4.78 is 10.8. The molecule has 42 heavy (non-hydrogen) atoms. The SMILES string of the molecule is C/C=C\CCCC(=O)NCC(=O)OCc1ccc(CO[N+](=O)[O-])cc1.Cc1cccc(OCC/C=C/C2CCCC2)c1. The van der Waals surface area contributed by atoms with Crippen molar-refractivity contribution in [3.05, 3.63) is 99.6 Å². The van der Waals surface area contributed by atoms with Crippen LogP contribution in [0.25, 0.3) is 0 Å². The molecule has 1 N–H and O–H groups in total. The van der Waals surface area contributed by atoms with Gasteiger partial charge in [0.25, 0.3) is 5.09 Å². The number of benzene rings is 2. The van der Waals surface area contributed by atoms with Gasteiger partial charge in [0.05, 0.1) is 6.61 Å². The number of allylic oxidation sites excluding steroid dienone is 3. The van der Waals surface area contributed by atoms with E-state index in [0.717, 1.165) is 43.1 Å². The van der Waals surface area contributed by atoms with E-state index in [0.29, 0.717) is 12.0 Å². The topological polar surface area (TPSA) is 117 Å². The average molecular weight is 581 g/mol. The lowest BCUT2D eigenvalue weighted by Gasteiger charge is -2.07. The molecule has 1 fully saturated rings. The Kier molecular flexibility index (Phi) is 16.8. The number of unbranched alkanes of at least 4 members (excludes halogenated alkanes) is 1. The normalized spacial score (nSPS) is 13.0. The number of esters is 1. The molecule has 1 amide bonds. The molecule has 0 unspecified atom stereocenters. The van der Waals surface area contributed by atoms with Gasteiger partial charge in [-0.05, 0) is 80.7 Å². The Morgan fingerprint density at radius 3 is 2.40 bits per heavy atom. The van der Waals surface area contributed by atoms with Crippen LogP contribution in [0.4, 0.5) is 0 Å². The van der Waals surface area contributed by atoms with E-state index < -0.39 is 11.1 Å². The fourth-order valence-corrected chi connectivity index (χ4v) is 4.27. The molecule has 0 aliphatic heterocycles. The summed E-state index contributed by atoms with van der Waals surface area (Å²) in [4.78, 5) is 37.5. The third kappa shape index (κ3) is 16.2. The quantitative estimate of drug-likeness (QED) is 0.0762. The van der Waals surface area contributed by atoms with Crippen LogP contribution in [0.1, 0.15) is 75.0 Å². The van der Waals surface area contributed by atoms with Crippen LogP contribution in [-0.4, -0.2) is 30.1 Å². The van der Waals surface area contributed by atoms with Gasteiger partial charge in [-0.2, -0.15) is 0 Å². The molecule has 1 saturated carbocycles. The van der Waals surface area contributed by atoms with Crippen molar-refractivity contribution in [3.63, 3.8) is 0 Å². The van der Waals surface area contributed by atoms with E-state index in [2.05, 4.69) is 41.4 Å². The van der Waals surface area contributed by atoms with Gasteiger partial charge >= 0.3 is 5.97 Å². The smallest absolute Gasteiger partial charge is 0.325 e. The van der Waals surface area contributed by atoms with Crippen LogP contribution >= 0.6 is 0 Å². The molecule has 0 atom stereocenters. The number of aryl methyl sites for hydroxylation is 1. The molecule has 228 valence electrons. The maximum Gasteiger partial charge on any atom is 0.325 e. The van der Waals surface area contributed by atoms with Crippen molar-refractivity contribution < 1.29 is 29.0 Å². The number of nitrogens with one attached hydrogen (secondary N) is 1. The molecular weight excluding hydrogens is 536 g/mol. The zero-order chi connectivity index (χ0) is 30.4. The lowest BCUT2D eigenvalue weighted by molar-refractivity contribution is -0.763. The van der Waals surface area contributed by atoms with Crippen LogP contribution in [0, 0.1) is 23.0 Å². The van der Waals surface area contributed by atoms with Gasteiger partial charge in [-0.3, -0.25) is 9.59 Å². The molecular formula is C33H44N2O7. The summed E-state index contributed by atoms with van der Waals surface area (Å²) in [7, 11) is 0. The average Bonchev–Trinajstić information content (AvgIpc) is 3.50. The fraction of sp³-hybridized carbons (Fsp3) is 0.455. The Bertz CT molecular complexity index is 1140. The van der Waals surface area contributed by atoms with Crippen molar-refractivity contribution in [1.29, 1.82) is 0 Å². The summed E-state index contributed by atoms with van der Waals surface area (Å²) in [6.07, 6.45) is 17.1. The third-order valence-corrected chi connectivity index (χ3v) is 6.55. The number of amides is 1. The molecule has 0 heterocycles. The molecule has 1 aliphatic rings. The lowest BCUT2D eigenvalue weighted by atomic mass is 10.1. The molecule has 0 saturated heterocycles. The van der Waals surface area contributed by atoms with E-state index in [1.807, 2.05) is 31.2 Å². The van der Waals surface area contributed by atoms with Gasteiger partial charge in [0.2, 0.25) is 5.91 Å². The number of hydrogen-bond donors (Lipinski definition) is 1. The van der Waals surface area contributed by atoms with Crippen LogP contribution in [0.15, 0.2) is 72.8 Å². The third-order valence-electron chi connectivity index (χ3n) is 6.55. The Morgan fingerprint density at radius 1 is 1.02 bits per heavy atom. The minimum absolute atomic E-state index is 0.0619. The number of rotatable bonds is 16. The minimum Gasteiger partial charge on any atom is -0.493 e. The van der Waals surface area contributed by atoms with Gasteiger partial charge in [0.1, 0.15) is 25.5 Å². The van der Waals surface area contributed by atoms with Gasteiger partial charge in [0, 0.05) is 6.42 Å². The van der Waals surface area contributed by atoms with E-state index in [4.69, 9.17) is 9.47 Å². The largest absolute Gasteiger partial charge is 0.493 e. The number of carbonyl (C=O) groups is 2. The Labute approximate surface area is 249 Å². The van der Waals surface area contributed by atoms with Crippen LogP contribution in [0.3, 0.4) is 0 Å². The summed E-state index contributed by atoms with van der Waals surface area (Å²) in [5.41, 5.74) is 2.62. The highest BCUT2D eigenvalue weighted by Gasteiger charge is 2.10. The maximum absolute atomic E-state index is 11.6. The highest BCUT2D eigenvalue weighted by atomic mass is 16.9. The molecule has 9 nitrogen and oxygen atoms in total. The van der Waals surface area contributed by atoms with Crippen molar-refractivity contribution in [2.45, 2.75) is 78.4 Å². The number of carbonyl (C=O) groups excluding carboxylic acids is 2. The second kappa shape index (κ2) is 20.7. The predicted octanol–water partition coefficient (Wildman–Crippen LogP) is 6.81. The maximum atomic E-state index is 11.6. The second-order valence-corrected chi connectivity index (χ2v) is 10.1. The van der Waals surface area contributed by atoms with Crippen molar-refractivity contribution in [2.75, 3.05) is 13.2 Å². The highest BCUT2D eigenvalue weighted by Crippen LogP contribution is 2.25. The Balaban J connectivity index is 0.000000314. The fourth-order valence-electron chi connectivity index (χ4n) is 4.27. The highest BCUT2D eigenvalue weighted by molar-refractivity contribution is 5.81. The summed E-state index contributed by atoms with van der Waals surface area (Å²) in [5.74, 6) is 1.12. The van der Waals surface area contributed by atoms with Gasteiger partial charge in [0.15, 0.2) is 0 Å². The molecule has 0 bridgehead atoms.